The fraction of sp³-hybridized carbons (Fsp3) is 0.500. The van der Waals surface area contributed by atoms with Gasteiger partial charge in [-0.25, -0.2) is 18.0 Å². The molecule has 1 aliphatic carbocycles. The number of nitrogens with zero attached hydrogens (tertiary/aromatic N) is 3. The van der Waals surface area contributed by atoms with E-state index in [-0.39, 0.29) is 64.0 Å². The van der Waals surface area contributed by atoms with E-state index in [0.29, 0.717) is 48.3 Å². The molecule has 0 bridgehead atoms. The first-order valence-electron chi connectivity index (χ1n) is 17.9. The lowest BCUT2D eigenvalue weighted by Gasteiger charge is -2.27. The van der Waals surface area contributed by atoms with E-state index in [4.69, 9.17) is 51.6 Å². The van der Waals surface area contributed by atoms with Crippen LogP contribution in [0.25, 0.3) is 0 Å². The van der Waals surface area contributed by atoms with Gasteiger partial charge in [0.15, 0.2) is 11.5 Å². The van der Waals surface area contributed by atoms with Crippen molar-refractivity contribution in [2.75, 3.05) is 52.3 Å². The topological polar surface area (TPSA) is 143 Å². The van der Waals surface area contributed by atoms with Crippen LogP contribution in [0.1, 0.15) is 66.8 Å². The van der Waals surface area contributed by atoms with Crippen LogP contribution in [-0.2, 0) is 37.2 Å². The summed E-state index contributed by atoms with van der Waals surface area (Å²) in [5, 5.41) is 0.399. The Morgan fingerprint density at radius 2 is 1.68 bits per heavy atom. The number of benzene rings is 2. The third-order valence-electron chi connectivity index (χ3n) is 8.69. The number of esters is 1. The molecule has 2 fully saturated rings. The fourth-order valence-corrected chi connectivity index (χ4v) is 6.83. The maximum absolute atomic E-state index is 14.1. The Balaban J connectivity index is 1.48. The van der Waals surface area contributed by atoms with Crippen LogP contribution >= 0.6 is 23.2 Å². The van der Waals surface area contributed by atoms with Gasteiger partial charge in [0.25, 0.3) is 0 Å². The van der Waals surface area contributed by atoms with Crippen LogP contribution in [0.5, 0.6) is 17.2 Å². The van der Waals surface area contributed by atoms with Crippen LogP contribution in [0.15, 0.2) is 48.8 Å². The van der Waals surface area contributed by atoms with Crippen molar-refractivity contribution in [1.29, 1.82) is 0 Å². The third-order valence-corrected chi connectivity index (χ3v) is 10.4. The van der Waals surface area contributed by atoms with Crippen molar-refractivity contribution in [3.05, 3.63) is 81.1 Å². The number of hydrogen-bond acceptors (Lipinski definition) is 12. The van der Waals surface area contributed by atoms with Crippen molar-refractivity contribution in [3.8, 4) is 17.2 Å². The summed E-state index contributed by atoms with van der Waals surface area (Å²) >= 11 is 12.9. The van der Waals surface area contributed by atoms with E-state index in [1.165, 1.54) is 48.8 Å². The van der Waals surface area contributed by atoms with Crippen molar-refractivity contribution in [1.82, 2.24) is 14.2 Å². The van der Waals surface area contributed by atoms with E-state index < -0.39 is 46.9 Å². The quantitative estimate of drug-likeness (QED) is 0.126. The Bertz CT molecular complexity index is 1940. The average Bonchev–Trinajstić information content (AvgIpc) is 3.95. The van der Waals surface area contributed by atoms with Gasteiger partial charge < -0.3 is 28.4 Å². The molecule has 1 saturated carbocycles. The Morgan fingerprint density at radius 1 is 1.00 bits per heavy atom. The number of rotatable bonds is 17. The smallest absolute Gasteiger partial charge is 0.424 e. The molecule has 2 aromatic carbocycles. The molecule has 1 saturated heterocycles. The number of morpholine rings is 1. The van der Waals surface area contributed by atoms with Crippen molar-refractivity contribution < 1.29 is 55.2 Å². The number of carbonyl (C=O) groups is 2. The van der Waals surface area contributed by atoms with Crippen LogP contribution < -0.4 is 14.2 Å². The molecule has 0 radical (unpaired) electrons. The summed E-state index contributed by atoms with van der Waals surface area (Å²) in [5.41, 5.74) is -0.0889. The predicted molar refractivity (Wildman–Crippen MR) is 203 cm³/mol. The zero-order chi connectivity index (χ0) is 40.6. The molecular weight excluding hydrogens is 799 g/mol. The van der Waals surface area contributed by atoms with Crippen molar-refractivity contribution in [2.45, 2.75) is 64.9 Å². The highest BCUT2D eigenvalue weighted by Gasteiger charge is 2.31. The maximum Gasteiger partial charge on any atom is 0.424 e. The first kappa shape index (κ1) is 43.2. The van der Waals surface area contributed by atoms with Crippen LogP contribution in [0.4, 0.5) is 13.6 Å². The van der Waals surface area contributed by atoms with Crippen molar-refractivity contribution >= 4 is 45.3 Å². The van der Waals surface area contributed by atoms with Crippen LogP contribution in [-0.4, -0.2) is 99.2 Å². The maximum atomic E-state index is 14.1. The number of pyridine rings is 1. The first-order valence-corrected chi connectivity index (χ1v) is 20.5. The van der Waals surface area contributed by atoms with Crippen LogP contribution in [0, 0.1) is 5.92 Å². The number of alkyl halides is 2. The van der Waals surface area contributed by atoms with Gasteiger partial charge in [0.1, 0.15) is 24.1 Å². The number of aromatic nitrogens is 1. The summed E-state index contributed by atoms with van der Waals surface area (Å²) in [6.07, 6.45) is 3.25. The number of halogens is 4. The molecule has 1 aromatic heterocycles. The summed E-state index contributed by atoms with van der Waals surface area (Å²) in [4.78, 5) is 33.4. The molecule has 13 nitrogen and oxygen atoms in total. The molecule has 0 spiro atoms. The normalized spacial score (nSPS) is 15.6. The number of hydrogen-bond donors (Lipinski definition) is 0. The molecule has 1 aliphatic heterocycles. The predicted octanol–water partition coefficient (Wildman–Crippen LogP) is 7.33. The van der Waals surface area contributed by atoms with Gasteiger partial charge in [-0.1, -0.05) is 29.3 Å². The van der Waals surface area contributed by atoms with E-state index in [1.807, 2.05) is 0 Å². The van der Waals surface area contributed by atoms with Gasteiger partial charge in [-0.3, -0.25) is 9.88 Å². The van der Waals surface area contributed by atoms with E-state index in [9.17, 15) is 26.8 Å². The van der Waals surface area contributed by atoms with E-state index in [1.54, 1.807) is 20.8 Å². The molecule has 2 aliphatic rings. The molecule has 3 aromatic rings. The highest BCUT2D eigenvalue weighted by Crippen LogP contribution is 2.38. The monoisotopic (exact) mass is 843 g/mol. The zero-order valence-electron chi connectivity index (χ0n) is 31.5. The number of sulfonamides is 1. The van der Waals surface area contributed by atoms with Gasteiger partial charge in [-0.2, -0.15) is 13.1 Å². The number of amides is 1. The minimum Gasteiger partial charge on any atom is -0.492 e. The van der Waals surface area contributed by atoms with Gasteiger partial charge in [-0.05, 0) is 81.0 Å². The number of carbonyl (C=O) groups excluding carboxylic acids is 2. The Kier molecular flexibility index (Phi) is 14.6. The third kappa shape index (κ3) is 12.8. The van der Waals surface area contributed by atoms with Crippen LogP contribution in [0.2, 0.25) is 10.0 Å². The summed E-state index contributed by atoms with van der Waals surface area (Å²) in [7, 11) is -4.18. The molecule has 306 valence electrons. The van der Waals surface area contributed by atoms with Gasteiger partial charge in [0.2, 0.25) is 10.0 Å². The van der Waals surface area contributed by atoms with Crippen molar-refractivity contribution in [3.63, 3.8) is 0 Å². The van der Waals surface area contributed by atoms with Gasteiger partial charge in [0.05, 0.1) is 48.2 Å². The minimum absolute atomic E-state index is 0.0158. The van der Waals surface area contributed by atoms with Gasteiger partial charge in [0, 0.05) is 44.0 Å². The number of ether oxygens (including phenoxy) is 6. The highest BCUT2D eigenvalue weighted by molar-refractivity contribution is 7.88. The van der Waals surface area contributed by atoms with E-state index >= 15 is 0 Å². The minimum atomic E-state index is -4.18. The summed E-state index contributed by atoms with van der Waals surface area (Å²) in [6, 6.07) is 8.54. The van der Waals surface area contributed by atoms with E-state index in [0.717, 1.165) is 19.1 Å². The van der Waals surface area contributed by atoms with Gasteiger partial charge >= 0.3 is 18.7 Å². The SMILES string of the molecule is CC(C)(C)OC(=O)N(Cc1cc(C(=O)O[C@@H](Cc2c(Cl)cncc2Cl)c2ccc(OC(F)F)c(OCC3CC3)c2)ccc1OCCN1CCOCC1)S(C)(=O)=O. The average molecular weight is 845 g/mol. The molecule has 5 rings (SSSR count). The lowest BCUT2D eigenvalue weighted by atomic mass is 10.0. The molecule has 0 N–H and O–H groups in total. The highest BCUT2D eigenvalue weighted by atomic mass is 35.5. The summed E-state index contributed by atoms with van der Waals surface area (Å²) in [5.74, 6) is -0.495. The Hall–Kier alpha value is -3.96. The lowest BCUT2D eigenvalue weighted by molar-refractivity contribution is -0.0515. The molecule has 1 amide bonds. The Morgan fingerprint density at radius 3 is 2.30 bits per heavy atom. The summed E-state index contributed by atoms with van der Waals surface area (Å²) < 4.78 is 86.6. The second-order valence-corrected chi connectivity index (χ2v) is 17.1. The first-order chi connectivity index (χ1) is 26.5. The fourth-order valence-electron chi connectivity index (χ4n) is 5.63. The molecule has 18 heteroatoms. The van der Waals surface area contributed by atoms with E-state index in [2.05, 4.69) is 9.88 Å². The standard InChI is InChI=1S/C38H45Cl2F2N3O10S/c1-38(2,3)55-37(47)45(56(4,48)49)22-27-17-26(8-9-31(27)51-16-13-44-11-14-50-15-12-44)35(46)53-33(19-28-29(39)20-43-21-30(28)40)25-7-10-32(54-36(41)42)34(18-25)52-23-24-5-6-24/h7-10,17-18,20-21,24,33,36H,5-6,11-16,19,22-23H2,1-4H3/t33-/m0/s1. The Labute approximate surface area is 335 Å². The molecule has 0 unspecified atom stereocenters. The molecule has 56 heavy (non-hydrogen) atoms. The lowest BCUT2D eigenvalue weighted by Crippen LogP contribution is -2.40. The molecular formula is C38H45Cl2F2N3O10S. The molecule has 1 atom stereocenters. The van der Waals surface area contributed by atoms with Crippen molar-refractivity contribution in [2.24, 2.45) is 5.92 Å². The second-order valence-electron chi connectivity index (χ2n) is 14.4. The largest absolute Gasteiger partial charge is 0.492 e. The van der Waals surface area contributed by atoms with Crippen LogP contribution in [0.3, 0.4) is 0 Å². The molecule has 2 heterocycles. The zero-order valence-corrected chi connectivity index (χ0v) is 33.8. The van der Waals surface area contributed by atoms with Gasteiger partial charge in [-0.15, -0.1) is 0 Å². The second kappa shape index (κ2) is 19.0. The summed E-state index contributed by atoms with van der Waals surface area (Å²) in [6.45, 7) is 4.83.